The molecule has 1 aliphatic heterocycles. The lowest BCUT2D eigenvalue weighted by atomic mass is 9.78. The molecule has 3 unspecified atom stereocenters. The lowest BCUT2D eigenvalue weighted by Gasteiger charge is -2.34. The normalized spacial score (nSPS) is 26.8. The summed E-state index contributed by atoms with van der Waals surface area (Å²) >= 11 is 12.4. The van der Waals surface area contributed by atoms with Crippen LogP contribution in [0.1, 0.15) is 43.5 Å². The van der Waals surface area contributed by atoms with Gasteiger partial charge in [-0.3, -0.25) is 4.79 Å². The molecule has 9 heteroatoms. The fourth-order valence-corrected chi connectivity index (χ4v) is 6.10. The average molecular weight is 449 g/mol. The van der Waals surface area contributed by atoms with Crippen molar-refractivity contribution in [1.29, 1.82) is 0 Å². The Morgan fingerprint density at radius 2 is 1.82 bits per heavy atom. The minimum Gasteiger partial charge on any atom is -0.379 e. The number of nitrogens with zero attached hydrogens (tertiary/aromatic N) is 1. The number of morpholine rings is 1. The predicted molar refractivity (Wildman–Crippen MR) is 109 cm³/mol. The fraction of sp³-hybridized carbons (Fsp3) is 0.632. The standard InChI is InChI=1S/C19H26Cl2N2O4S/c1-12-4-3-5-17(13(12)2)22-19(24)14-10-18(16(21)11-15(14)20)28(25,26)23-6-8-27-9-7-23/h10-13,17H,3-9H2,1-2H3,(H,22,24). The SMILES string of the molecule is CC1CCCC(NC(=O)c2cc(S(=O)(=O)N3CCOCC3)c(Cl)cc2Cl)C1C. The van der Waals surface area contributed by atoms with Crippen molar-refractivity contribution < 1.29 is 17.9 Å². The maximum atomic E-state index is 13.0. The quantitative estimate of drug-likeness (QED) is 0.763. The van der Waals surface area contributed by atoms with E-state index in [2.05, 4.69) is 19.2 Å². The number of hydrogen-bond donors (Lipinski definition) is 1. The van der Waals surface area contributed by atoms with E-state index in [9.17, 15) is 13.2 Å². The van der Waals surface area contributed by atoms with Crippen LogP contribution in [0.3, 0.4) is 0 Å². The van der Waals surface area contributed by atoms with E-state index in [-0.39, 0.29) is 45.5 Å². The first-order valence-electron chi connectivity index (χ1n) is 9.59. The smallest absolute Gasteiger partial charge is 0.253 e. The van der Waals surface area contributed by atoms with Crippen molar-refractivity contribution in [3.63, 3.8) is 0 Å². The Hall–Kier alpha value is -0.860. The van der Waals surface area contributed by atoms with Gasteiger partial charge in [-0.1, -0.05) is 49.9 Å². The van der Waals surface area contributed by atoms with Gasteiger partial charge in [0.05, 0.1) is 28.8 Å². The van der Waals surface area contributed by atoms with Gasteiger partial charge >= 0.3 is 0 Å². The first-order chi connectivity index (χ1) is 13.2. The number of ether oxygens (including phenoxy) is 1. The third kappa shape index (κ3) is 4.49. The number of hydrogen-bond acceptors (Lipinski definition) is 4. The van der Waals surface area contributed by atoms with Crippen molar-refractivity contribution in [3.8, 4) is 0 Å². The molecule has 6 nitrogen and oxygen atoms in total. The zero-order valence-electron chi connectivity index (χ0n) is 16.1. The van der Waals surface area contributed by atoms with Gasteiger partial charge in [0.2, 0.25) is 10.0 Å². The topological polar surface area (TPSA) is 75.7 Å². The molecular formula is C19H26Cl2N2O4S. The summed E-state index contributed by atoms with van der Waals surface area (Å²) in [7, 11) is -3.84. The Kier molecular flexibility index (Phi) is 6.92. The van der Waals surface area contributed by atoms with Crippen LogP contribution in [0.4, 0.5) is 0 Å². The van der Waals surface area contributed by atoms with E-state index in [0.717, 1.165) is 19.3 Å². The van der Waals surface area contributed by atoms with Gasteiger partial charge in [-0.05, 0) is 30.4 Å². The maximum absolute atomic E-state index is 13.0. The lowest BCUT2D eigenvalue weighted by molar-refractivity contribution is 0.0730. The van der Waals surface area contributed by atoms with Crippen LogP contribution in [0.5, 0.6) is 0 Å². The van der Waals surface area contributed by atoms with Crippen LogP contribution >= 0.6 is 23.2 Å². The highest BCUT2D eigenvalue weighted by molar-refractivity contribution is 7.89. The van der Waals surface area contributed by atoms with Gasteiger partial charge in [-0.15, -0.1) is 0 Å². The third-order valence-corrected chi connectivity index (χ3v) is 8.55. The monoisotopic (exact) mass is 448 g/mol. The molecule has 0 radical (unpaired) electrons. The van der Waals surface area contributed by atoms with Gasteiger partial charge in [0.1, 0.15) is 4.90 Å². The van der Waals surface area contributed by atoms with Gasteiger partial charge in [0, 0.05) is 19.1 Å². The number of sulfonamides is 1. The van der Waals surface area contributed by atoms with Crippen LogP contribution in [-0.4, -0.2) is 51.0 Å². The third-order valence-electron chi connectivity index (χ3n) is 5.88. The van der Waals surface area contributed by atoms with Crippen molar-refractivity contribution in [2.45, 2.75) is 44.0 Å². The number of carbonyl (C=O) groups is 1. The highest BCUT2D eigenvalue weighted by atomic mass is 35.5. The second kappa shape index (κ2) is 8.88. The average Bonchev–Trinajstić information content (AvgIpc) is 2.66. The van der Waals surface area contributed by atoms with Gasteiger partial charge in [-0.25, -0.2) is 8.42 Å². The number of carbonyl (C=O) groups excluding carboxylic acids is 1. The zero-order valence-corrected chi connectivity index (χ0v) is 18.4. The Balaban J connectivity index is 1.87. The summed E-state index contributed by atoms with van der Waals surface area (Å²) in [5.41, 5.74) is 0.128. The number of halogens is 2. The summed E-state index contributed by atoms with van der Waals surface area (Å²) in [6, 6.07) is 2.67. The largest absolute Gasteiger partial charge is 0.379 e. The summed E-state index contributed by atoms with van der Waals surface area (Å²) in [4.78, 5) is 12.8. The molecule has 3 atom stereocenters. The van der Waals surface area contributed by atoms with Crippen molar-refractivity contribution in [2.24, 2.45) is 11.8 Å². The highest BCUT2D eigenvalue weighted by Gasteiger charge is 2.32. The second-order valence-electron chi connectivity index (χ2n) is 7.63. The Morgan fingerprint density at radius 1 is 1.14 bits per heavy atom. The summed E-state index contributed by atoms with van der Waals surface area (Å²) < 4.78 is 32.5. The van der Waals surface area contributed by atoms with E-state index in [4.69, 9.17) is 27.9 Å². The Morgan fingerprint density at radius 3 is 2.50 bits per heavy atom. The molecule has 0 bridgehead atoms. The van der Waals surface area contributed by atoms with Crippen LogP contribution in [0, 0.1) is 11.8 Å². The molecule has 0 aromatic heterocycles. The fourth-order valence-electron chi connectivity index (χ4n) is 3.86. The van der Waals surface area contributed by atoms with E-state index in [1.807, 2.05) is 0 Å². The van der Waals surface area contributed by atoms with E-state index < -0.39 is 10.0 Å². The summed E-state index contributed by atoms with van der Waals surface area (Å²) in [6.45, 7) is 5.48. The minimum absolute atomic E-state index is 0.00713. The van der Waals surface area contributed by atoms with E-state index in [0.29, 0.717) is 25.0 Å². The summed E-state index contributed by atoms with van der Waals surface area (Å²) in [5, 5.41) is 3.18. The van der Waals surface area contributed by atoms with E-state index in [1.54, 1.807) is 0 Å². The predicted octanol–water partition coefficient (Wildman–Crippen LogP) is 3.57. The molecular weight excluding hydrogens is 423 g/mol. The van der Waals surface area contributed by atoms with Crippen LogP contribution in [-0.2, 0) is 14.8 Å². The summed E-state index contributed by atoms with van der Waals surface area (Å²) in [6.07, 6.45) is 3.11. The van der Waals surface area contributed by atoms with Crippen molar-refractivity contribution in [3.05, 3.63) is 27.7 Å². The van der Waals surface area contributed by atoms with Gasteiger partial charge < -0.3 is 10.1 Å². The lowest BCUT2D eigenvalue weighted by Crippen LogP contribution is -2.44. The van der Waals surface area contributed by atoms with Crippen molar-refractivity contribution in [2.75, 3.05) is 26.3 Å². The van der Waals surface area contributed by atoms with Gasteiger partial charge in [0.25, 0.3) is 5.91 Å². The highest BCUT2D eigenvalue weighted by Crippen LogP contribution is 2.33. The van der Waals surface area contributed by atoms with E-state index >= 15 is 0 Å². The van der Waals surface area contributed by atoms with Gasteiger partial charge in [0.15, 0.2) is 0 Å². The zero-order chi connectivity index (χ0) is 20.5. The van der Waals surface area contributed by atoms with E-state index in [1.165, 1.54) is 16.4 Å². The molecule has 1 aromatic rings. The van der Waals surface area contributed by atoms with Crippen LogP contribution in [0.15, 0.2) is 17.0 Å². The minimum atomic E-state index is -3.84. The maximum Gasteiger partial charge on any atom is 0.253 e. The molecule has 2 aliphatic rings. The van der Waals surface area contributed by atoms with Gasteiger partial charge in [-0.2, -0.15) is 4.31 Å². The molecule has 3 rings (SSSR count). The van der Waals surface area contributed by atoms with Crippen LogP contribution in [0.25, 0.3) is 0 Å². The first kappa shape index (κ1) is 21.8. The molecule has 2 fully saturated rings. The van der Waals surface area contributed by atoms with Crippen molar-refractivity contribution >= 4 is 39.1 Å². The Labute approximate surface area is 176 Å². The Bertz CT molecular complexity index is 841. The van der Waals surface area contributed by atoms with Crippen LogP contribution < -0.4 is 5.32 Å². The first-order valence-corrected chi connectivity index (χ1v) is 11.8. The molecule has 1 saturated heterocycles. The second-order valence-corrected chi connectivity index (χ2v) is 10.3. The number of benzene rings is 1. The summed E-state index contributed by atoms with van der Waals surface area (Å²) in [5.74, 6) is 0.503. The molecule has 156 valence electrons. The molecule has 1 heterocycles. The number of rotatable bonds is 4. The van der Waals surface area contributed by atoms with Crippen LogP contribution in [0.2, 0.25) is 10.0 Å². The molecule has 1 aromatic carbocycles. The molecule has 0 spiro atoms. The van der Waals surface area contributed by atoms with Crippen molar-refractivity contribution in [1.82, 2.24) is 9.62 Å². The molecule has 1 aliphatic carbocycles. The number of nitrogens with one attached hydrogen (secondary N) is 1. The molecule has 1 N–H and O–H groups in total. The molecule has 1 amide bonds. The number of amides is 1. The molecule has 1 saturated carbocycles. The molecule has 28 heavy (non-hydrogen) atoms.